The van der Waals surface area contributed by atoms with Gasteiger partial charge in [0.1, 0.15) is 11.5 Å². The zero-order valence-electron chi connectivity index (χ0n) is 11.4. The highest BCUT2D eigenvalue weighted by atomic mass is 16.5. The van der Waals surface area contributed by atoms with Crippen molar-refractivity contribution in [3.63, 3.8) is 0 Å². The number of aromatic nitrogens is 1. The average Bonchev–Trinajstić information content (AvgIpc) is 2.47. The van der Waals surface area contributed by atoms with E-state index in [1.807, 2.05) is 43.4 Å². The summed E-state index contributed by atoms with van der Waals surface area (Å²) in [4.78, 5) is 4.22. The van der Waals surface area contributed by atoms with Gasteiger partial charge in [0.15, 0.2) is 0 Å². The van der Waals surface area contributed by atoms with Crippen LogP contribution < -0.4 is 14.8 Å². The van der Waals surface area contributed by atoms with Crippen LogP contribution in [0.4, 0.5) is 0 Å². The zero-order valence-corrected chi connectivity index (χ0v) is 11.4. The van der Waals surface area contributed by atoms with E-state index in [9.17, 15) is 0 Å². The summed E-state index contributed by atoms with van der Waals surface area (Å²) in [6.07, 6.45) is 1.75. The standard InChI is InChI=1S/C15H18N2O2/c1-11(16-2)12-7-8-17-15(9-12)19-14-6-4-5-13(10-14)18-3/h4-11,16H,1-3H3. The van der Waals surface area contributed by atoms with Crippen molar-refractivity contribution in [1.29, 1.82) is 0 Å². The summed E-state index contributed by atoms with van der Waals surface area (Å²) in [6.45, 7) is 2.09. The Labute approximate surface area is 113 Å². The largest absolute Gasteiger partial charge is 0.497 e. The molecule has 0 fully saturated rings. The number of methoxy groups -OCH3 is 1. The minimum atomic E-state index is 0.260. The first-order valence-corrected chi connectivity index (χ1v) is 6.18. The first-order valence-electron chi connectivity index (χ1n) is 6.18. The average molecular weight is 258 g/mol. The third-order valence-corrected chi connectivity index (χ3v) is 2.96. The lowest BCUT2D eigenvalue weighted by Crippen LogP contribution is -2.12. The Morgan fingerprint density at radius 1 is 1.16 bits per heavy atom. The van der Waals surface area contributed by atoms with Gasteiger partial charge in [0.2, 0.25) is 5.88 Å². The van der Waals surface area contributed by atoms with Crippen LogP contribution in [-0.2, 0) is 0 Å². The number of nitrogens with one attached hydrogen (secondary N) is 1. The number of ether oxygens (including phenoxy) is 2. The maximum atomic E-state index is 5.74. The van der Waals surface area contributed by atoms with Gasteiger partial charge in [0.05, 0.1) is 7.11 Å². The molecule has 0 amide bonds. The van der Waals surface area contributed by atoms with Crippen molar-refractivity contribution in [1.82, 2.24) is 10.3 Å². The molecule has 2 rings (SSSR count). The quantitative estimate of drug-likeness (QED) is 0.894. The zero-order chi connectivity index (χ0) is 13.7. The van der Waals surface area contributed by atoms with Crippen molar-refractivity contribution in [2.45, 2.75) is 13.0 Å². The number of benzene rings is 1. The van der Waals surface area contributed by atoms with Gasteiger partial charge in [-0.2, -0.15) is 0 Å². The molecule has 0 aliphatic rings. The Morgan fingerprint density at radius 2 is 1.95 bits per heavy atom. The Hall–Kier alpha value is -2.07. The molecule has 19 heavy (non-hydrogen) atoms. The molecule has 4 heteroatoms. The van der Waals surface area contributed by atoms with Crippen molar-refractivity contribution >= 4 is 0 Å². The summed E-state index contributed by atoms with van der Waals surface area (Å²) in [5, 5.41) is 3.19. The van der Waals surface area contributed by atoms with Crippen LogP contribution in [0.2, 0.25) is 0 Å². The molecular formula is C15H18N2O2. The molecule has 1 N–H and O–H groups in total. The maximum Gasteiger partial charge on any atom is 0.219 e. The lowest BCUT2D eigenvalue weighted by atomic mass is 10.1. The highest BCUT2D eigenvalue weighted by Crippen LogP contribution is 2.25. The Bertz CT molecular complexity index is 543. The summed E-state index contributed by atoms with van der Waals surface area (Å²) >= 11 is 0. The predicted molar refractivity (Wildman–Crippen MR) is 74.8 cm³/mol. The summed E-state index contributed by atoms with van der Waals surface area (Å²) in [5.41, 5.74) is 1.13. The molecular weight excluding hydrogens is 240 g/mol. The topological polar surface area (TPSA) is 43.4 Å². The molecule has 1 aromatic carbocycles. The van der Waals surface area contributed by atoms with Crippen LogP contribution in [0.1, 0.15) is 18.5 Å². The Morgan fingerprint density at radius 3 is 2.68 bits per heavy atom. The molecule has 0 spiro atoms. The van der Waals surface area contributed by atoms with Gasteiger partial charge in [-0.1, -0.05) is 6.07 Å². The number of hydrogen-bond donors (Lipinski definition) is 1. The lowest BCUT2D eigenvalue weighted by molar-refractivity contribution is 0.407. The van der Waals surface area contributed by atoms with Crippen LogP contribution >= 0.6 is 0 Å². The van der Waals surface area contributed by atoms with Crippen LogP contribution in [0.25, 0.3) is 0 Å². The summed E-state index contributed by atoms with van der Waals surface area (Å²) in [7, 11) is 3.56. The number of hydrogen-bond acceptors (Lipinski definition) is 4. The van der Waals surface area contributed by atoms with Gasteiger partial charge in [0.25, 0.3) is 0 Å². The van der Waals surface area contributed by atoms with Crippen molar-refractivity contribution in [3.05, 3.63) is 48.2 Å². The van der Waals surface area contributed by atoms with Gasteiger partial charge in [0, 0.05) is 24.4 Å². The Kier molecular flexibility index (Phi) is 4.36. The van der Waals surface area contributed by atoms with E-state index in [0.717, 1.165) is 11.3 Å². The molecule has 0 saturated heterocycles. The minimum Gasteiger partial charge on any atom is -0.497 e. The summed E-state index contributed by atoms with van der Waals surface area (Å²) < 4.78 is 10.9. The van der Waals surface area contributed by atoms with Crippen molar-refractivity contribution in [3.8, 4) is 17.4 Å². The van der Waals surface area contributed by atoms with E-state index >= 15 is 0 Å². The van der Waals surface area contributed by atoms with Gasteiger partial charge in [-0.05, 0) is 37.7 Å². The fraction of sp³-hybridized carbons (Fsp3) is 0.267. The van der Waals surface area contributed by atoms with E-state index in [4.69, 9.17) is 9.47 Å². The minimum absolute atomic E-state index is 0.260. The fourth-order valence-corrected chi connectivity index (χ4v) is 1.70. The first-order chi connectivity index (χ1) is 9.22. The predicted octanol–water partition coefficient (Wildman–Crippen LogP) is 3.16. The van der Waals surface area contributed by atoms with Gasteiger partial charge < -0.3 is 14.8 Å². The summed E-state index contributed by atoms with van der Waals surface area (Å²) in [5.74, 6) is 2.05. The summed E-state index contributed by atoms with van der Waals surface area (Å²) in [6, 6.07) is 11.6. The van der Waals surface area contributed by atoms with Crippen molar-refractivity contribution in [2.75, 3.05) is 14.2 Å². The van der Waals surface area contributed by atoms with E-state index in [0.29, 0.717) is 11.6 Å². The fourth-order valence-electron chi connectivity index (χ4n) is 1.70. The SMILES string of the molecule is CNC(C)c1ccnc(Oc2cccc(OC)c2)c1. The molecule has 0 aliphatic heterocycles. The highest BCUT2D eigenvalue weighted by molar-refractivity contribution is 5.35. The van der Waals surface area contributed by atoms with Gasteiger partial charge >= 0.3 is 0 Å². The third kappa shape index (κ3) is 3.45. The number of pyridine rings is 1. The monoisotopic (exact) mass is 258 g/mol. The van der Waals surface area contributed by atoms with Crippen LogP contribution in [0.3, 0.4) is 0 Å². The molecule has 0 radical (unpaired) electrons. The normalized spacial score (nSPS) is 11.9. The molecule has 2 aromatic rings. The van der Waals surface area contributed by atoms with Gasteiger partial charge in [-0.15, -0.1) is 0 Å². The molecule has 1 unspecified atom stereocenters. The van der Waals surface area contributed by atoms with Crippen molar-refractivity contribution in [2.24, 2.45) is 0 Å². The Balaban J connectivity index is 2.18. The van der Waals surface area contributed by atoms with Crippen LogP contribution in [-0.4, -0.2) is 19.1 Å². The lowest BCUT2D eigenvalue weighted by Gasteiger charge is -2.12. The molecule has 0 bridgehead atoms. The first kappa shape index (κ1) is 13.4. The van der Waals surface area contributed by atoms with Crippen LogP contribution in [0.5, 0.6) is 17.4 Å². The second-order valence-corrected chi connectivity index (χ2v) is 4.22. The molecule has 4 nitrogen and oxygen atoms in total. The second-order valence-electron chi connectivity index (χ2n) is 4.22. The molecule has 1 heterocycles. The molecule has 0 aliphatic carbocycles. The van der Waals surface area contributed by atoms with E-state index in [2.05, 4.69) is 17.2 Å². The van der Waals surface area contributed by atoms with E-state index in [1.54, 1.807) is 13.3 Å². The van der Waals surface area contributed by atoms with E-state index in [1.165, 1.54) is 0 Å². The van der Waals surface area contributed by atoms with Crippen LogP contribution in [0, 0.1) is 0 Å². The molecule has 1 aromatic heterocycles. The van der Waals surface area contributed by atoms with Crippen molar-refractivity contribution < 1.29 is 9.47 Å². The van der Waals surface area contributed by atoms with E-state index < -0.39 is 0 Å². The van der Waals surface area contributed by atoms with Crippen LogP contribution in [0.15, 0.2) is 42.6 Å². The number of nitrogens with zero attached hydrogens (tertiary/aromatic N) is 1. The smallest absolute Gasteiger partial charge is 0.219 e. The molecule has 0 saturated carbocycles. The third-order valence-electron chi connectivity index (χ3n) is 2.96. The number of rotatable bonds is 5. The van der Waals surface area contributed by atoms with E-state index in [-0.39, 0.29) is 6.04 Å². The maximum absolute atomic E-state index is 5.74. The molecule has 100 valence electrons. The highest BCUT2D eigenvalue weighted by Gasteiger charge is 2.06. The van der Waals surface area contributed by atoms with Gasteiger partial charge in [-0.25, -0.2) is 4.98 Å². The second kappa shape index (κ2) is 6.20. The van der Waals surface area contributed by atoms with Gasteiger partial charge in [-0.3, -0.25) is 0 Å². The molecule has 1 atom stereocenters.